The van der Waals surface area contributed by atoms with E-state index in [9.17, 15) is 4.39 Å². The van der Waals surface area contributed by atoms with Crippen molar-refractivity contribution in [1.82, 2.24) is 5.43 Å². The predicted molar refractivity (Wildman–Crippen MR) is 79.9 cm³/mol. The van der Waals surface area contributed by atoms with Crippen molar-refractivity contribution in [1.29, 1.82) is 0 Å². The van der Waals surface area contributed by atoms with E-state index < -0.39 is 0 Å². The minimum absolute atomic E-state index is 0.00105. The maximum atomic E-state index is 13.0. The van der Waals surface area contributed by atoms with Crippen molar-refractivity contribution >= 4 is 43.2 Å². The topological polar surface area (TPSA) is 38.0 Å². The summed E-state index contributed by atoms with van der Waals surface area (Å²) in [6.07, 6.45) is 0.691. The monoisotopic (exact) mass is 392 g/mol. The van der Waals surface area contributed by atoms with Gasteiger partial charge in [-0.3, -0.25) is 11.3 Å². The fourth-order valence-corrected chi connectivity index (χ4v) is 3.91. The summed E-state index contributed by atoms with van der Waals surface area (Å²) in [6, 6.07) is 6.68. The Morgan fingerprint density at radius 2 is 2.06 bits per heavy atom. The summed E-state index contributed by atoms with van der Waals surface area (Å²) in [4.78, 5) is 1.13. The van der Waals surface area contributed by atoms with Gasteiger partial charge in [-0.05, 0) is 51.5 Å². The van der Waals surface area contributed by atoms with Crippen LogP contribution in [0.5, 0.6) is 0 Å². The molecule has 1 aromatic carbocycles. The SMILES string of the molecule is NNC(Cc1ccc(F)cc1Br)c1sccc1Br. The molecular weight excluding hydrogens is 383 g/mol. The van der Waals surface area contributed by atoms with Gasteiger partial charge in [-0.25, -0.2) is 4.39 Å². The summed E-state index contributed by atoms with van der Waals surface area (Å²) in [7, 11) is 0. The fourth-order valence-electron chi connectivity index (χ4n) is 1.69. The van der Waals surface area contributed by atoms with E-state index in [1.807, 2.05) is 11.4 Å². The molecule has 0 saturated heterocycles. The van der Waals surface area contributed by atoms with Gasteiger partial charge in [0, 0.05) is 13.8 Å². The van der Waals surface area contributed by atoms with Crippen LogP contribution in [0.3, 0.4) is 0 Å². The standard InChI is InChI=1S/C12H11Br2FN2S/c13-9-3-4-18-12(9)11(17-16)5-7-1-2-8(15)6-10(7)14/h1-4,6,11,17H,5,16H2. The fraction of sp³-hybridized carbons (Fsp3) is 0.167. The quantitative estimate of drug-likeness (QED) is 0.604. The van der Waals surface area contributed by atoms with Gasteiger partial charge in [0.1, 0.15) is 5.82 Å². The number of rotatable bonds is 4. The molecular formula is C12H11Br2FN2S. The first-order valence-corrected chi connectivity index (χ1v) is 7.71. The van der Waals surface area contributed by atoms with Crippen LogP contribution in [0.1, 0.15) is 16.5 Å². The highest BCUT2D eigenvalue weighted by Crippen LogP contribution is 2.32. The second kappa shape index (κ2) is 6.25. The number of hydrazine groups is 1. The minimum atomic E-state index is -0.250. The van der Waals surface area contributed by atoms with Crippen molar-refractivity contribution in [2.24, 2.45) is 5.84 Å². The smallest absolute Gasteiger partial charge is 0.124 e. The van der Waals surface area contributed by atoms with Crippen molar-refractivity contribution in [2.75, 3.05) is 0 Å². The third-order valence-corrected chi connectivity index (χ3v) is 5.32. The Balaban J connectivity index is 2.23. The van der Waals surface area contributed by atoms with Gasteiger partial charge < -0.3 is 0 Å². The van der Waals surface area contributed by atoms with E-state index in [0.717, 1.165) is 19.4 Å². The second-order valence-corrected chi connectivity index (χ2v) is 6.45. The maximum absolute atomic E-state index is 13.0. The molecule has 0 bridgehead atoms. The third-order valence-electron chi connectivity index (χ3n) is 2.60. The Morgan fingerprint density at radius 3 is 2.61 bits per heavy atom. The Labute approximate surface area is 126 Å². The molecule has 2 nitrogen and oxygen atoms in total. The third kappa shape index (κ3) is 3.19. The van der Waals surface area contributed by atoms with Crippen molar-refractivity contribution in [2.45, 2.75) is 12.5 Å². The molecule has 18 heavy (non-hydrogen) atoms. The molecule has 0 spiro atoms. The van der Waals surface area contributed by atoms with Crippen LogP contribution in [0, 0.1) is 5.82 Å². The number of hydrogen-bond acceptors (Lipinski definition) is 3. The first-order chi connectivity index (χ1) is 8.61. The van der Waals surface area contributed by atoms with Crippen LogP contribution >= 0.6 is 43.2 Å². The highest BCUT2D eigenvalue weighted by Gasteiger charge is 2.16. The molecule has 0 radical (unpaired) electrons. The van der Waals surface area contributed by atoms with Crippen LogP contribution in [0.25, 0.3) is 0 Å². The lowest BCUT2D eigenvalue weighted by Crippen LogP contribution is -2.29. The number of thiophene rings is 1. The van der Waals surface area contributed by atoms with Crippen molar-refractivity contribution in [3.8, 4) is 0 Å². The van der Waals surface area contributed by atoms with Crippen LogP contribution in [0.2, 0.25) is 0 Å². The molecule has 3 N–H and O–H groups in total. The first-order valence-electron chi connectivity index (χ1n) is 5.24. The molecule has 2 aromatic rings. The molecule has 0 aliphatic carbocycles. The van der Waals surface area contributed by atoms with Crippen LogP contribution in [0.15, 0.2) is 38.6 Å². The highest BCUT2D eigenvalue weighted by molar-refractivity contribution is 9.10. The lowest BCUT2D eigenvalue weighted by Gasteiger charge is -2.16. The summed E-state index contributed by atoms with van der Waals surface area (Å²) < 4.78 is 14.8. The molecule has 0 aliphatic heterocycles. The van der Waals surface area contributed by atoms with Gasteiger partial charge in [0.25, 0.3) is 0 Å². The number of hydrogen-bond donors (Lipinski definition) is 2. The van der Waals surface area contributed by atoms with Gasteiger partial charge in [-0.1, -0.05) is 22.0 Å². The van der Waals surface area contributed by atoms with E-state index in [1.54, 1.807) is 17.4 Å². The van der Waals surface area contributed by atoms with Crippen molar-refractivity contribution in [3.63, 3.8) is 0 Å². The molecule has 0 fully saturated rings. The molecule has 6 heteroatoms. The van der Waals surface area contributed by atoms with Crippen LogP contribution in [-0.2, 0) is 6.42 Å². The molecule has 1 unspecified atom stereocenters. The Bertz CT molecular complexity index is 545. The molecule has 2 rings (SSSR count). The number of halogens is 3. The maximum Gasteiger partial charge on any atom is 0.124 e. The average Bonchev–Trinajstić information content (AvgIpc) is 2.75. The molecule has 1 atom stereocenters. The summed E-state index contributed by atoms with van der Waals surface area (Å²) in [5, 5.41) is 2.00. The molecule has 1 heterocycles. The zero-order valence-electron chi connectivity index (χ0n) is 9.29. The van der Waals surface area contributed by atoms with Crippen LogP contribution in [0.4, 0.5) is 4.39 Å². The zero-order valence-corrected chi connectivity index (χ0v) is 13.3. The number of nitrogens with two attached hydrogens (primary N) is 1. The van der Waals surface area contributed by atoms with Gasteiger partial charge >= 0.3 is 0 Å². The normalized spacial score (nSPS) is 12.7. The van der Waals surface area contributed by atoms with Gasteiger partial charge in [0.05, 0.1) is 6.04 Å². The Morgan fingerprint density at radius 1 is 1.28 bits per heavy atom. The van der Waals surface area contributed by atoms with Gasteiger partial charge in [-0.2, -0.15) is 0 Å². The number of nitrogens with one attached hydrogen (secondary N) is 1. The van der Waals surface area contributed by atoms with E-state index in [0.29, 0.717) is 6.42 Å². The summed E-state index contributed by atoms with van der Waals surface area (Å²) in [5.41, 5.74) is 3.82. The van der Waals surface area contributed by atoms with E-state index in [2.05, 4.69) is 37.3 Å². The molecule has 96 valence electrons. The summed E-state index contributed by atoms with van der Waals surface area (Å²) in [5.74, 6) is 5.36. The second-order valence-electron chi connectivity index (χ2n) is 3.79. The molecule has 0 amide bonds. The molecule has 0 saturated carbocycles. The highest BCUT2D eigenvalue weighted by atomic mass is 79.9. The van der Waals surface area contributed by atoms with Crippen LogP contribution in [-0.4, -0.2) is 0 Å². The minimum Gasteiger partial charge on any atom is -0.271 e. The lowest BCUT2D eigenvalue weighted by molar-refractivity contribution is 0.556. The van der Waals surface area contributed by atoms with E-state index in [4.69, 9.17) is 5.84 Å². The molecule has 0 aliphatic rings. The van der Waals surface area contributed by atoms with Gasteiger partial charge in [0.2, 0.25) is 0 Å². The predicted octanol–water partition coefficient (Wildman–Crippen LogP) is 4.16. The summed E-state index contributed by atoms with van der Waals surface area (Å²) in [6.45, 7) is 0. The van der Waals surface area contributed by atoms with Gasteiger partial charge in [0.15, 0.2) is 0 Å². The molecule has 1 aromatic heterocycles. The number of benzene rings is 1. The van der Waals surface area contributed by atoms with Crippen molar-refractivity contribution < 1.29 is 4.39 Å². The Kier molecular flexibility index (Phi) is 4.91. The lowest BCUT2D eigenvalue weighted by atomic mass is 10.1. The first kappa shape index (κ1) is 14.1. The Hall–Kier alpha value is -0.270. The van der Waals surface area contributed by atoms with Crippen LogP contribution < -0.4 is 11.3 Å². The largest absolute Gasteiger partial charge is 0.271 e. The van der Waals surface area contributed by atoms with E-state index >= 15 is 0 Å². The van der Waals surface area contributed by atoms with Gasteiger partial charge in [-0.15, -0.1) is 11.3 Å². The summed E-state index contributed by atoms with van der Waals surface area (Å²) >= 11 is 8.50. The average molecular weight is 394 g/mol. The van der Waals surface area contributed by atoms with E-state index in [-0.39, 0.29) is 11.9 Å². The van der Waals surface area contributed by atoms with Crippen molar-refractivity contribution in [3.05, 3.63) is 54.8 Å². The van der Waals surface area contributed by atoms with E-state index in [1.165, 1.54) is 12.1 Å². The zero-order chi connectivity index (χ0) is 13.1.